The van der Waals surface area contributed by atoms with Gasteiger partial charge in [-0.1, -0.05) is 12.1 Å². The summed E-state index contributed by atoms with van der Waals surface area (Å²) in [5.41, 5.74) is 1.51. The van der Waals surface area contributed by atoms with E-state index in [-0.39, 0.29) is 18.2 Å². The number of rotatable bonds is 5. The van der Waals surface area contributed by atoms with Gasteiger partial charge in [0.1, 0.15) is 6.33 Å². The van der Waals surface area contributed by atoms with Gasteiger partial charge in [0.25, 0.3) is 5.91 Å². The Labute approximate surface area is 146 Å². The Hall–Kier alpha value is -2.70. The molecule has 1 aliphatic heterocycles. The first-order valence-electron chi connectivity index (χ1n) is 8.50. The summed E-state index contributed by atoms with van der Waals surface area (Å²) in [5, 5.41) is 13.1. The molecule has 0 saturated carbocycles. The fraction of sp³-hybridized carbons (Fsp3) is 0.444. The molecular formula is C18H22N4O3. The van der Waals surface area contributed by atoms with Crippen molar-refractivity contribution in [2.45, 2.75) is 25.7 Å². The standard InChI is InChI=1S/C18H22N4O3/c1-21-12-19-17(20-21)14-5-7-15(8-6-14)18(25)22-10-2-3-13(11-22)4-9-16(23)24/h5-8,12-13H,2-4,9-11H2,1H3,(H,23,24). The molecule has 1 amide bonds. The summed E-state index contributed by atoms with van der Waals surface area (Å²) >= 11 is 0. The molecule has 2 heterocycles. The molecule has 2 aromatic rings. The first-order valence-corrected chi connectivity index (χ1v) is 8.50. The van der Waals surface area contributed by atoms with Gasteiger partial charge >= 0.3 is 5.97 Å². The average Bonchev–Trinajstić information content (AvgIpc) is 3.06. The van der Waals surface area contributed by atoms with E-state index in [9.17, 15) is 9.59 Å². The molecule has 1 fully saturated rings. The zero-order chi connectivity index (χ0) is 17.8. The lowest BCUT2D eigenvalue weighted by molar-refractivity contribution is -0.137. The maximum absolute atomic E-state index is 12.7. The number of carboxylic acid groups (broad SMARTS) is 1. The van der Waals surface area contributed by atoms with Crippen molar-refractivity contribution < 1.29 is 14.7 Å². The van der Waals surface area contributed by atoms with Crippen molar-refractivity contribution in [3.8, 4) is 11.4 Å². The molecule has 0 aliphatic carbocycles. The summed E-state index contributed by atoms with van der Waals surface area (Å²) < 4.78 is 1.64. The minimum Gasteiger partial charge on any atom is -0.481 e. The lowest BCUT2D eigenvalue weighted by Gasteiger charge is -2.32. The monoisotopic (exact) mass is 342 g/mol. The molecule has 0 spiro atoms. The molecule has 1 saturated heterocycles. The van der Waals surface area contributed by atoms with E-state index in [0.29, 0.717) is 24.4 Å². The Morgan fingerprint density at radius 3 is 2.68 bits per heavy atom. The van der Waals surface area contributed by atoms with Gasteiger partial charge in [-0.25, -0.2) is 4.98 Å². The summed E-state index contributed by atoms with van der Waals surface area (Å²) in [6.45, 7) is 1.36. The van der Waals surface area contributed by atoms with Gasteiger partial charge in [0.15, 0.2) is 5.82 Å². The molecular weight excluding hydrogens is 320 g/mol. The maximum atomic E-state index is 12.7. The largest absolute Gasteiger partial charge is 0.481 e. The van der Waals surface area contributed by atoms with Crippen LogP contribution >= 0.6 is 0 Å². The molecule has 1 unspecified atom stereocenters. The van der Waals surface area contributed by atoms with E-state index < -0.39 is 5.97 Å². The number of carbonyl (C=O) groups is 2. The number of benzene rings is 1. The molecule has 1 aromatic heterocycles. The smallest absolute Gasteiger partial charge is 0.303 e. The van der Waals surface area contributed by atoms with Gasteiger partial charge in [0, 0.05) is 37.7 Å². The van der Waals surface area contributed by atoms with Gasteiger partial charge in [-0.3, -0.25) is 14.3 Å². The van der Waals surface area contributed by atoms with E-state index in [4.69, 9.17) is 5.11 Å². The van der Waals surface area contributed by atoms with Gasteiger partial charge in [-0.05, 0) is 37.3 Å². The van der Waals surface area contributed by atoms with E-state index in [1.165, 1.54) is 0 Å². The van der Waals surface area contributed by atoms with Crippen molar-refractivity contribution >= 4 is 11.9 Å². The van der Waals surface area contributed by atoms with Crippen LogP contribution in [0.4, 0.5) is 0 Å². The van der Waals surface area contributed by atoms with Crippen molar-refractivity contribution in [1.29, 1.82) is 0 Å². The van der Waals surface area contributed by atoms with Gasteiger partial charge < -0.3 is 10.0 Å². The van der Waals surface area contributed by atoms with E-state index in [1.54, 1.807) is 23.1 Å². The van der Waals surface area contributed by atoms with E-state index in [1.807, 2.05) is 24.1 Å². The molecule has 132 valence electrons. The van der Waals surface area contributed by atoms with Crippen LogP contribution in [0.1, 0.15) is 36.0 Å². The summed E-state index contributed by atoms with van der Waals surface area (Å²) in [6, 6.07) is 7.31. The van der Waals surface area contributed by atoms with Crippen LogP contribution in [0.5, 0.6) is 0 Å². The number of piperidine rings is 1. The Morgan fingerprint density at radius 2 is 2.04 bits per heavy atom. The van der Waals surface area contributed by atoms with E-state index in [2.05, 4.69) is 10.1 Å². The first-order chi connectivity index (χ1) is 12.0. The Balaban J connectivity index is 1.65. The van der Waals surface area contributed by atoms with Gasteiger partial charge in [0.05, 0.1) is 0 Å². The number of carbonyl (C=O) groups excluding carboxylic acids is 1. The second kappa shape index (κ2) is 7.46. The second-order valence-corrected chi connectivity index (χ2v) is 6.51. The first kappa shape index (κ1) is 17.1. The van der Waals surface area contributed by atoms with Crippen LogP contribution in [0.3, 0.4) is 0 Å². The lowest BCUT2D eigenvalue weighted by atomic mass is 9.93. The topological polar surface area (TPSA) is 88.3 Å². The fourth-order valence-corrected chi connectivity index (χ4v) is 3.23. The van der Waals surface area contributed by atoms with Crippen molar-refractivity contribution in [3.05, 3.63) is 36.2 Å². The number of carboxylic acids is 1. The van der Waals surface area contributed by atoms with Crippen LogP contribution in [0.2, 0.25) is 0 Å². The van der Waals surface area contributed by atoms with Gasteiger partial charge in [-0.15, -0.1) is 0 Å². The van der Waals surface area contributed by atoms with Gasteiger partial charge in [0.2, 0.25) is 0 Å². The number of hydrogen-bond acceptors (Lipinski definition) is 4. The Kier molecular flexibility index (Phi) is 5.11. The van der Waals surface area contributed by atoms with E-state index in [0.717, 1.165) is 24.9 Å². The number of hydrogen-bond donors (Lipinski definition) is 1. The molecule has 0 bridgehead atoms. The lowest BCUT2D eigenvalue weighted by Crippen LogP contribution is -2.40. The number of amides is 1. The van der Waals surface area contributed by atoms with Gasteiger partial charge in [-0.2, -0.15) is 5.10 Å². The highest BCUT2D eigenvalue weighted by molar-refractivity contribution is 5.94. The Morgan fingerprint density at radius 1 is 1.28 bits per heavy atom. The zero-order valence-electron chi connectivity index (χ0n) is 14.3. The van der Waals surface area contributed by atoms with Crippen LogP contribution in [0, 0.1) is 5.92 Å². The third-order valence-corrected chi connectivity index (χ3v) is 4.56. The minimum absolute atomic E-state index is 0.000514. The average molecular weight is 342 g/mol. The molecule has 7 nitrogen and oxygen atoms in total. The molecule has 1 aromatic carbocycles. The molecule has 0 radical (unpaired) electrons. The summed E-state index contributed by atoms with van der Waals surface area (Å²) in [4.78, 5) is 29.5. The third-order valence-electron chi connectivity index (χ3n) is 4.56. The fourth-order valence-electron chi connectivity index (χ4n) is 3.23. The highest BCUT2D eigenvalue weighted by Crippen LogP contribution is 2.23. The van der Waals surface area contributed by atoms with Crippen LogP contribution in [0.15, 0.2) is 30.6 Å². The van der Waals surface area contributed by atoms with Crippen LogP contribution in [-0.2, 0) is 11.8 Å². The van der Waals surface area contributed by atoms with E-state index >= 15 is 0 Å². The van der Waals surface area contributed by atoms with Crippen molar-refractivity contribution in [2.75, 3.05) is 13.1 Å². The summed E-state index contributed by atoms with van der Waals surface area (Å²) in [6.07, 6.45) is 4.34. The zero-order valence-corrected chi connectivity index (χ0v) is 14.3. The number of likely N-dealkylation sites (tertiary alicyclic amines) is 1. The number of aliphatic carboxylic acids is 1. The number of aromatic nitrogens is 3. The quantitative estimate of drug-likeness (QED) is 0.900. The second-order valence-electron chi connectivity index (χ2n) is 6.51. The van der Waals surface area contributed by atoms with Crippen molar-refractivity contribution in [1.82, 2.24) is 19.7 Å². The molecule has 25 heavy (non-hydrogen) atoms. The molecule has 1 aliphatic rings. The highest BCUT2D eigenvalue weighted by Gasteiger charge is 2.24. The van der Waals surface area contributed by atoms with Crippen molar-refractivity contribution in [3.63, 3.8) is 0 Å². The summed E-state index contributed by atoms with van der Waals surface area (Å²) in [5.74, 6) is 0.127. The third kappa shape index (κ3) is 4.23. The van der Waals surface area contributed by atoms with Crippen LogP contribution in [0.25, 0.3) is 11.4 Å². The summed E-state index contributed by atoms with van der Waals surface area (Å²) in [7, 11) is 1.81. The molecule has 1 N–H and O–H groups in total. The normalized spacial score (nSPS) is 17.5. The number of aryl methyl sites for hydroxylation is 1. The SMILES string of the molecule is Cn1cnc(-c2ccc(C(=O)N3CCCC(CCC(=O)O)C3)cc2)n1. The number of nitrogens with zero attached hydrogens (tertiary/aromatic N) is 4. The maximum Gasteiger partial charge on any atom is 0.303 e. The minimum atomic E-state index is -0.776. The predicted octanol–water partition coefficient (Wildman–Crippen LogP) is 2.20. The highest BCUT2D eigenvalue weighted by atomic mass is 16.4. The molecule has 3 rings (SSSR count). The molecule has 1 atom stereocenters. The van der Waals surface area contributed by atoms with Crippen LogP contribution < -0.4 is 0 Å². The van der Waals surface area contributed by atoms with Crippen LogP contribution in [-0.4, -0.2) is 49.7 Å². The molecule has 7 heteroatoms. The Bertz CT molecular complexity index is 754. The predicted molar refractivity (Wildman–Crippen MR) is 91.9 cm³/mol. The van der Waals surface area contributed by atoms with Crippen molar-refractivity contribution in [2.24, 2.45) is 13.0 Å².